The van der Waals surface area contributed by atoms with E-state index >= 15 is 0 Å². The molecule has 1 aliphatic carbocycles. The van der Waals surface area contributed by atoms with Crippen molar-refractivity contribution in [2.24, 2.45) is 5.92 Å². The van der Waals surface area contributed by atoms with Gasteiger partial charge in [0.25, 0.3) is 0 Å². The van der Waals surface area contributed by atoms with Crippen molar-refractivity contribution in [3.8, 4) is 0 Å². The zero-order valence-corrected chi connectivity index (χ0v) is 12.1. The fourth-order valence-corrected chi connectivity index (χ4v) is 3.11. The van der Waals surface area contributed by atoms with Crippen molar-refractivity contribution < 1.29 is 0 Å². The predicted octanol–water partition coefficient (Wildman–Crippen LogP) is 4.25. The van der Waals surface area contributed by atoms with Crippen LogP contribution in [0.1, 0.15) is 44.9 Å². The first-order valence-corrected chi connectivity index (χ1v) is 7.60. The van der Waals surface area contributed by atoms with Crippen LogP contribution in [0.3, 0.4) is 0 Å². The molecule has 1 aromatic rings. The molecule has 0 amide bonds. The lowest BCUT2D eigenvalue weighted by molar-refractivity contribution is 0.632. The molecule has 0 N–H and O–H groups in total. The second-order valence-corrected chi connectivity index (χ2v) is 6.62. The van der Waals surface area contributed by atoms with Gasteiger partial charge in [0.05, 0.1) is 0 Å². The third-order valence-corrected chi connectivity index (χ3v) is 3.93. The largest absolute Gasteiger partial charge is 0.226 e. The van der Waals surface area contributed by atoms with Gasteiger partial charge in [-0.2, -0.15) is 0 Å². The summed E-state index contributed by atoms with van der Waals surface area (Å²) in [6.07, 6.45) is 3.75. The topological polar surface area (TPSA) is 25.8 Å². The summed E-state index contributed by atoms with van der Waals surface area (Å²) in [5, 5.41) is 1.12. The highest BCUT2D eigenvalue weighted by Crippen LogP contribution is 2.39. The van der Waals surface area contributed by atoms with Crippen LogP contribution in [0.2, 0.25) is 0 Å². The highest BCUT2D eigenvalue weighted by atomic mass is 79.9. The summed E-state index contributed by atoms with van der Waals surface area (Å²) in [5.74, 6) is 3.56. The van der Waals surface area contributed by atoms with Crippen molar-refractivity contribution in [2.45, 2.75) is 44.1 Å². The van der Waals surface area contributed by atoms with Gasteiger partial charge in [-0.25, -0.2) is 9.97 Å². The van der Waals surface area contributed by atoms with Gasteiger partial charge in [-0.3, -0.25) is 0 Å². The zero-order chi connectivity index (χ0) is 11.5. The van der Waals surface area contributed by atoms with Crippen molar-refractivity contribution in [1.82, 2.24) is 9.97 Å². The average Bonchev–Trinajstić information content (AvgIpc) is 2.99. The highest BCUT2D eigenvalue weighted by Gasteiger charge is 2.27. The Morgan fingerprint density at radius 3 is 2.81 bits per heavy atom. The Bertz CT molecular complexity index is 364. The second kappa shape index (κ2) is 5.50. The molecule has 1 aromatic heterocycles. The molecule has 1 heterocycles. The van der Waals surface area contributed by atoms with Crippen LogP contribution in [0.4, 0.5) is 0 Å². The molecule has 0 unspecified atom stereocenters. The van der Waals surface area contributed by atoms with Crippen molar-refractivity contribution >= 4 is 27.7 Å². The summed E-state index contributed by atoms with van der Waals surface area (Å²) in [7, 11) is 0. The summed E-state index contributed by atoms with van der Waals surface area (Å²) in [4.78, 5) is 9.05. The van der Waals surface area contributed by atoms with Gasteiger partial charge in [-0.1, -0.05) is 13.8 Å². The minimum atomic E-state index is 0.627. The minimum Gasteiger partial charge on any atom is -0.226 e. The van der Waals surface area contributed by atoms with E-state index in [2.05, 4.69) is 39.7 Å². The molecule has 0 aromatic carbocycles. The predicted molar refractivity (Wildman–Crippen MR) is 71.9 cm³/mol. The number of thioether (sulfide) groups is 1. The Labute approximate surface area is 110 Å². The van der Waals surface area contributed by atoms with Crippen LogP contribution in [0.15, 0.2) is 15.7 Å². The van der Waals surface area contributed by atoms with Gasteiger partial charge in [0.1, 0.15) is 15.5 Å². The van der Waals surface area contributed by atoms with Crippen LogP contribution in [0.25, 0.3) is 0 Å². The minimum absolute atomic E-state index is 0.627. The Morgan fingerprint density at radius 2 is 2.19 bits per heavy atom. The third-order valence-electron chi connectivity index (χ3n) is 2.58. The molecule has 0 aliphatic heterocycles. The molecular weight excluding hydrogens is 284 g/mol. The second-order valence-electron chi connectivity index (χ2n) is 4.69. The molecule has 16 heavy (non-hydrogen) atoms. The van der Waals surface area contributed by atoms with Gasteiger partial charge >= 0.3 is 0 Å². The number of aromatic nitrogens is 2. The standard InChI is InChI=1S/C12H17BrN2S/c1-8(2)5-6-16-11-7-10(13)14-12(15-11)9-3-4-9/h7-9H,3-6H2,1-2H3. The monoisotopic (exact) mass is 300 g/mol. The third kappa shape index (κ3) is 3.74. The maximum atomic E-state index is 4.61. The molecule has 1 fully saturated rings. The number of hydrogen-bond acceptors (Lipinski definition) is 3. The normalized spacial score (nSPS) is 15.8. The molecule has 0 spiro atoms. The average molecular weight is 301 g/mol. The fourth-order valence-electron chi connectivity index (χ4n) is 1.41. The van der Waals surface area contributed by atoms with Gasteiger partial charge in [0.2, 0.25) is 0 Å². The molecule has 1 aliphatic rings. The molecule has 2 nitrogen and oxygen atoms in total. The molecule has 0 radical (unpaired) electrons. The van der Waals surface area contributed by atoms with E-state index in [1.54, 1.807) is 0 Å². The number of halogens is 1. The Morgan fingerprint density at radius 1 is 1.44 bits per heavy atom. The van der Waals surface area contributed by atoms with E-state index in [1.165, 1.54) is 19.3 Å². The summed E-state index contributed by atoms with van der Waals surface area (Å²) < 4.78 is 0.927. The number of rotatable bonds is 5. The van der Waals surface area contributed by atoms with Crippen molar-refractivity contribution in [2.75, 3.05) is 5.75 Å². The van der Waals surface area contributed by atoms with Crippen LogP contribution < -0.4 is 0 Å². The molecule has 88 valence electrons. The Hall–Kier alpha value is -0.0900. The van der Waals surface area contributed by atoms with E-state index < -0.39 is 0 Å². The summed E-state index contributed by atoms with van der Waals surface area (Å²) >= 11 is 5.31. The molecule has 0 atom stereocenters. The van der Waals surface area contributed by atoms with E-state index in [0.717, 1.165) is 27.1 Å². The van der Waals surface area contributed by atoms with Gasteiger partial charge in [-0.15, -0.1) is 11.8 Å². The van der Waals surface area contributed by atoms with Gasteiger partial charge in [0.15, 0.2) is 0 Å². The molecular formula is C12H17BrN2S. The van der Waals surface area contributed by atoms with E-state index in [0.29, 0.717) is 5.92 Å². The first kappa shape index (κ1) is 12.4. The molecule has 2 rings (SSSR count). The maximum Gasteiger partial charge on any atom is 0.134 e. The quantitative estimate of drug-likeness (QED) is 0.600. The lowest BCUT2D eigenvalue weighted by Crippen LogP contribution is -1.96. The lowest BCUT2D eigenvalue weighted by atomic mass is 10.2. The van der Waals surface area contributed by atoms with E-state index in [-0.39, 0.29) is 0 Å². The van der Waals surface area contributed by atoms with E-state index in [9.17, 15) is 0 Å². The highest BCUT2D eigenvalue weighted by molar-refractivity contribution is 9.10. The fraction of sp³-hybridized carbons (Fsp3) is 0.667. The van der Waals surface area contributed by atoms with Gasteiger partial charge in [-0.05, 0) is 46.9 Å². The van der Waals surface area contributed by atoms with Gasteiger partial charge < -0.3 is 0 Å². The summed E-state index contributed by atoms with van der Waals surface area (Å²) in [6, 6.07) is 2.02. The number of nitrogens with zero attached hydrogens (tertiary/aromatic N) is 2. The van der Waals surface area contributed by atoms with Crippen molar-refractivity contribution in [3.05, 3.63) is 16.5 Å². The van der Waals surface area contributed by atoms with Crippen LogP contribution in [-0.4, -0.2) is 15.7 Å². The van der Waals surface area contributed by atoms with Crippen molar-refractivity contribution in [3.63, 3.8) is 0 Å². The first-order chi connectivity index (χ1) is 7.65. The SMILES string of the molecule is CC(C)CCSc1cc(Br)nc(C2CC2)n1. The summed E-state index contributed by atoms with van der Waals surface area (Å²) in [6.45, 7) is 4.51. The molecule has 4 heteroatoms. The van der Waals surface area contributed by atoms with Crippen LogP contribution in [-0.2, 0) is 0 Å². The maximum absolute atomic E-state index is 4.61. The summed E-state index contributed by atoms with van der Waals surface area (Å²) in [5.41, 5.74) is 0. The van der Waals surface area contributed by atoms with E-state index in [4.69, 9.17) is 0 Å². The molecule has 1 saturated carbocycles. The van der Waals surface area contributed by atoms with E-state index in [1.807, 2.05) is 17.8 Å². The first-order valence-electron chi connectivity index (χ1n) is 5.82. The molecule has 0 bridgehead atoms. The Kier molecular flexibility index (Phi) is 4.25. The lowest BCUT2D eigenvalue weighted by Gasteiger charge is -2.05. The Balaban J connectivity index is 1.97. The van der Waals surface area contributed by atoms with Crippen LogP contribution >= 0.6 is 27.7 Å². The number of hydrogen-bond donors (Lipinski definition) is 0. The smallest absolute Gasteiger partial charge is 0.134 e. The zero-order valence-electron chi connectivity index (χ0n) is 9.74. The van der Waals surface area contributed by atoms with Crippen LogP contribution in [0, 0.1) is 5.92 Å². The molecule has 0 saturated heterocycles. The van der Waals surface area contributed by atoms with Crippen molar-refractivity contribution in [1.29, 1.82) is 0 Å². The van der Waals surface area contributed by atoms with Crippen LogP contribution in [0.5, 0.6) is 0 Å². The van der Waals surface area contributed by atoms with Gasteiger partial charge in [0, 0.05) is 12.0 Å².